The van der Waals surface area contributed by atoms with Gasteiger partial charge in [0.05, 0.1) is 11.8 Å². The second kappa shape index (κ2) is 7.75. The standard InChI is InChI=1S/C19H22N4O2/c1-12-6-5-7-15(10-12)21-19(25)17(11-20)18(24)9-8-16-13(2)22-23(4)14(16)3/h5-7,10,17H,8-9H2,1-4H3,(H,21,25). The zero-order valence-corrected chi connectivity index (χ0v) is 15.0. The Morgan fingerprint density at radius 2 is 2.04 bits per heavy atom. The van der Waals surface area contributed by atoms with Crippen molar-refractivity contribution >= 4 is 17.4 Å². The molecule has 6 heteroatoms. The van der Waals surface area contributed by atoms with Crippen molar-refractivity contribution in [2.45, 2.75) is 33.6 Å². The van der Waals surface area contributed by atoms with Gasteiger partial charge in [-0.3, -0.25) is 14.3 Å². The molecule has 0 saturated heterocycles. The first-order valence-electron chi connectivity index (χ1n) is 8.12. The van der Waals surface area contributed by atoms with Gasteiger partial charge in [-0.05, 0) is 50.5 Å². The average molecular weight is 338 g/mol. The van der Waals surface area contributed by atoms with E-state index in [1.54, 1.807) is 16.8 Å². The Kier molecular flexibility index (Phi) is 5.71. The molecular weight excluding hydrogens is 316 g/mol. The van der Waals surface area contributed by atoms with Gasteiger partial charge in [-0.2, -0.15) is 10.4 Å². The van der Waals surface area contributed by atoms with Crippen molar-refractivity contribution in [3.05, 3.63) is 46.8 Å². The highest BCUT2D eigenvalue weighted by atomic mass is 16.2. The summed E-state index contributed by atoms with van der Waals surface area (Å²) in [6.07, 6.45) is 0.604. The maximum absolute atomic E-state index is 12.4. The lowest BCUT2D eigenvalue weighted by Gasteiger charge is -2.10. The number of nitrogens with one attached hydrogen (secondary N) is 1. The van der Waals surface area contributed by atoms with Crippen molar-refractivity contribution < 1.29 is 9.59 Å². The molecular formula is C19H22N4O2. The zero-order chi connectivity index (χ0) is 18.6. The van der Waals surface area contributed by atoms with Crippen LogP contribution in [0.15, 0.2) is 24.3 Å². The number of rotatable bonds is 6. The van der Waals surface area contributed by atoms with Crippen LogP contribution in [0.3, 0.4) is 0 Å². The lowest BCUT2D eigenvalue weighted by molar-refractivity contribution is -0.128. The summed E-state index contributed by atoms with van der Waals surface area (Å²) in [6, 6.07) is 9.06. The maximum Gasteiger partial charge on any atom is 0.249 e. The molecule has 0 aliphatic rings. The van der Waals surface area contributed by atoms with Crippen LogP contribution in [0.5, 0.6) is 0 Å². The molecule has 1 atom stereocenters. The van der Waals surface area contributed by atoms with E-state index in [4.69, 9.17) is 0 Å². The van der Waals surface area contributed by atoms with Crippen LogP contribution >= 0.6 is 0 Å². The third-order valence-electron chi connectivity index (χ3n) is 4.28. The van der Waals surface area contributed by atoms with Crippen LogP contribution in [0.25, 0.3) is 0 Å². The fourth-order valence-corrected chi connectivity index (χ4v) is 2.79. The molecule has 0 aliphatic carbocycles. The lowest BCUT2D eigenvalue weighted by atomic mass is 9.97. The summed E-state index contributed by atoms with van der Waals surface area (Å²) in [5.74, 6) is -2.27. The van der Waals surface area contributed by atoms with Crippen LogP contribution < -0.4 is 5.32 Å². The molecule has 2 rings (SSSR count). The SMILES string of the molecule is Cc1cccc(NC(=O)C(C#N)C(=O)CCc2c(C)nn(C)c2C)c1. The summed E-state index contributed by atoms with van der Waals surface area (Å²) >= 11 is 0. The van der Waals surface area contributed by atoms with Crippen molar-refractivity contribution in [3.8, 4) is 6.07 Å². The Hall–Kier alpha value is -2.94. The molecule has 1 unspecified atom stereocenters. The van der Waals surface area contributed by atoms with Crippen LogP contribution in [-0.2, 0) is 23.1 Å². The molecule has 1 aromatic carbocycles. The van der Waals surface area contributed by atoms with Gasteiger partial charge in [0.15, 0.2) is 11.7 Å². The van der Waals surface area contributed by atoms with Crippen molar-refractivity contribution in [3.63, 3.8) is 0 Å². The number of carbonyl (C=O) groups excluding carboxylic acids is 2. The molecule has 0 fully saturated rings. The molecule has 2 aromatic rings. The first-order valence-corrected chi connectivity index (χ1v) is 8.12. The van der Waals surface area contributed by atoms with Crippen LogP contribution in [-0.4, -0.2) is 21.5 Å². The molecule has 6 nitrogen and oxygen atoms in total. The normalized spacial score (nSPS) is 11.6. The fourth-order valence-electron chi connectivity index (χ4n) is 2.79. The van der Waals surface area contributed by atoms with Crippen LogP contribution in [0, 0.1) is 38.0 Å². The quantitative estimate of drug-likeness (QED) is 0.820. The smallest absolute Gasteiger partial charge is 0.249 e. The largest absolute Gasteiger partial charge is 0.325 e. The van der Waals surface area contributed by atoms with E-state index in [2.05, 4.69) is 10.4 Å². The summed E-state index contributed by atoms with van der Waals surface area (Å²) in [5.41, 5.74) is 4.41. The number of amides is 1. The average Bonchev–Trinajstić information content (AvgIpc) is 2.78. The van der Waals surface area contributed by atoms with E-state index < -0.39 is 11.8 Å². The van der Waals surface area contributed by atoms with Gasteiger partial charge in [-0.25, -0.2) is 0 Å². The Morgan fingerprint density at radius 1 is 1.32 bits per heavy atom. The first-order chi connectivity index (χ1) is 11.8. The maximum atomic E-state index is 12.4. The van der Waals surface area contributed by atoms with Crippen molar-refractivity contribution in [1.82, 2.24) is 9.78 Å². The van der Waals surface area contributed by atoms with E-state index in [0.717, 1.165) is 22.5 Å². The highest BCUT2D eigenvalue weighted by molar-refractivity contribution is 6.09. The summed E-state index contributed by atoms with van der Waals surface area (Å²) in [6.45, 7) is 5.73. The molecule has 0 bridgehead atoms. The van der Waals surface area contributed by atoms with Gasteiger partial charge in [-0.15, -0.1) is 0 Å². The number of carbonyl (C=O) groups is 2. The number of Topliss-reactive ketones (excluding diaryl/α,β-unsaturated/α-hetero) is 1. The topological polar surface area (TPSA) is 87.8 Å². The van der Waals surface area contributed by atoms with Gasteiger partial charge in [0, 0.05) is 24.8 Å². The molecule has 0 spiro atoms. The van der Waals surface area contributed by atoms with Gasteiger partial charge in [-0.1, -0.05) is 12.1 Å². The molecule has 1 amide bonds. The van der Waals surface area contributed by atoms with E-state index in [1.807, 2.05) is 46.0 Å². The Labute approximate surface area is 147 Å². The number of anilines is 1. The molecule has 0 aliphatic heterocycles. The van der Waals surface area contributed by atoms with E-state index >= 15 is 0 Å². The molecule has 130 valence electrons. The predicted molar refractivity (Wildman–Crippen MR) is 94.9 cm³/mol. The summed E-state index contributed by atoms with van der Waals surface area (Å²) in [5, 5.41) is 16.2. The third-order valence-corrected chi connectivity index (χ3v) is 4.28. The van der Waals surface area contributed by atoms with Gasteiger partial charge in [0.25, 0.3) is 0 Å². The van der Waals surface area contributed by atoms with Crippen molar-refractivity contribution in [2.75, 3.05) is 5.32 Å². The molecule has 0 radical (unpaired) electrons. The predicted octanol–water partition coefficient (Wildman–Crippen LogP) is 2.63. The van der Waals surface area contributed by atoms with E-state index in [0.29, 0.717) is 12.1 Å². The number of nitrogens with zero attached hydrogens (tertiary/aromatic N) is 3. The number of hydrogen-bond acceptors (Lipinski definition) is 4. The fraction of sp³-hybridized carbons (Fsp3) is 0.368. The highest BCUT2D eigenvalue weighted by Crippen LogP contribution is 2.17. The number of ketones is 1. The number of aryl methyl sites for hydroxylation is 3. The third kappa shape index (κ3) is 4.32. The van der Waals surface area contributed by atoms with E-state index in [9.17, 15) is 14.9 Å². The Morgan fingerprint density at radius 3 is 2.60 bits per heavy atom. The number of benzene rings is 1. The monoisotopic (exact) mass is 338 g/mol. The molecule has 1 aromatic heterocycles. The molecule has 0 saturated carbocycles. The summed E-state index contributed by atoms with van der Waals surface area (Å²) in [7, 11) is 1.85. The van der Waals surface area contributed by atoms with Gasteiger partial charge >= 0.3 is 0 Å². The second-order valence-corrected chi connectivity index (χ2v) is 6.16. The van der Waals surface area contributed by atoms with Gasteiger partial charge < -0.3 is 5.32 Å². The minimum atomic E-state index is -1.31. The number of nitriles is 1. The highest BCUT2D eigenvalue weighted by Gasteiger charge is 2.26. The van der Waals surface area contributed by atoms with Gasteiger partial charge in [0.2, 0.25) is 5.91 Å². The first kappa shape index (κ1) is 18.4. The molecule has 1 N–H and O–H groups in total. The van der Waals surface area contributed by atoms with Gasteiger partial charge in [0.1, 0.15) is 0 Å². The zero-order valence-electron chi connectivity index (χ0n) is 15.0. The Balaban J connectivity index is 2.03. The number of hydrogen-bond donors (Lipinski definition) is 1. The minimum Gasteiger partial charge on any atom is -0.325 e. The van der Waals surface area contributed by atoms with E-state index in [-0.39, 0.29) is 12.2 Å². The van der Waals surface area contributed by atoms with Crippen LogP contribution in [0.2, 0.25) is 0 Å². The number of aromatic nitrogens is 2. The summed E-state index contributed by atoms with van der Waals surface area (Å²) < 4.78 is 1.77. The Bertz CT molecular complexity index is 846. The molecule has 25 heavy (non-hydrogen) atoms. The molecule has 1 heterocycles. The van der Waals surface area contributed by atoms with Crippen LogP contribution in [0.4, 0.5) is 5.69 Å². The minimum absolute atomic E-state index is 0.132. The van der Waals surface area contributed by atoms with E-state index in [1.165, 1.54) is 0 Å². The second-order valence-electron chi connectivity index (χ2n) is 6.16. The van der Waals surface area contributed by atoms with Crippen molar-refractivity contribution in [1.29, 1.82) is 5.26 Å². The summed E-state index contributed by atoms with van der Waals surface area (Å²) in [4.78, 5) is 24.6. The van der Waals surface area contributed by atoms with Crippen molar-refractivity contribution in [2.24, 2.45) is 13.0 Å². The lowest BCUT2D eigenvalue weighted by Crippen LogP contribution is -2.28. The van der Waals surface area contributed by atoms with Crippen LogP contribution in [0.1, 0.15) is 28.9 Å².